The molecule has 4 heteroatoms. The van der Waals surface area contributed by atoms with Gasteiger partial charge in [-0.1, -0.05) is 30.3 Å². The molecule has 0 bridgehead atoms. The lowest BCUT2D eigenvalue weighted by Crippen LogP contribution is -2.06. The SMILES string of the molecule is COC(=O)c1ccc(CCc2ccc(N)cc2)c(CCc2ccc(N)cc2)c1. The van der Waals surface area contributed by atoms with Gasteiger partial charge in [-0.15, -0.1) is 0 Å². The highest BCUT2D eigenvalue weighted by atomic mass is 16.5. The second kappa shape index (κ2) is 9.09. The van der Waals surface area contributed by atoms with E-state index >= 15 is 0 Å². The zero-order valence-electron chi connectivity index (χ0n) is 16.2. The van der Waals surface area contributed by atoms with Gasteiger partial charge in [-0.05, 0) is 84.3 Å². The molecule has 0 aromatic heterocycles. The molecule has 0 aliphatic rings. The van der Waals surface area contributed by atoms with Crippen LogP contribution in [0.1, 0.15) is 32.6 Å². The summed E-state index contributed by atoms with van der Waals surface area (Å²) in [5, 5.41) is 0. The van der Waals surface area contributed by atoms with Crippen molar-refractivity contribution in [2.75, 3.05) is 18.6 Å². The molecule has 0 atom stereocenters. The van der Waals surface area contributed by atoms with Gasteiger partial charge in [0.25, 0.3) is 0 Å². The summed E-state index contributed by atoms with van der Waals surface area (Å²) in [6.07, 6.45) is 3.57. The average molecular weight is 374 g/mol. The van der Waals surface area contributed by atoms with Crippen LogP contribution in [0.3, 0.4) is 0 Å². The van der Waals surface area contributed by atoms with E-state index in [9.17, 15) is 4.79 Å². The standard InChI is InChI=1S/C24H26N2O2/c1-28-24(27)21-11-10-19(8-2-17-4-12-22(25)13-5-17)20(16-21)9-3-18-6-14-23(26)15-7-18/h4-7,10-16H,2-3,8-9,25-26H2,1H3. The maximum atomic E-state index is 12.0. The van der Waals surface area contributed by atoms with Gasteiger partial charge in [-0.2, -0.15) is 0 Å². The normalized spacial score (nSPS) is 10.6. The molecular formula is C24H26N2O2. The molecule has 0 heterocycles. The Morgan fingerprint density at radius 1 is 0.714 bits per heavy atom. The number of rotatable bonds is 7. The first kappa shape index (κ1) is 19.5. The molecule has 0 aliphatic carbocycles. The van der Waals surface area contributed by atoms with Crippen molar-refractivity contribution in [3.05, 3.63) is 94.5 Å². The van der Waals surface area contributed by atoms with Crippen molar-refractivity contribution >= 4 is 17.3 Å². The molecule has 0 aliphatic heterocycles. The molecule has 4 nitrogen and oxygen atoms in total. The number of esters is 1. The lowest BCUT2D eigenvalue weighted by molar-refractivity contribution is 0.0600. The summed E-state index contributed by atoms with van der Waals surface area (Å²) >= 11 is 0. The molecule has 0 amide bonds. The molecule has 144 valence electrons. The molecule has 28 heavy (non-hydrogen) atoms. The highest BCUT2D eigenvalue weighted by Gasteiger charge is 2.11. The van der Waals surface area contributed by atoms with Gasteiger partial charge in [0.05, 0.1) is 12.7 Å². The summed E-state index contributed by atoms with van der Waals surface area (Å²) in [6, 6.07) is 21.8. The van der Waals surface area contributed by atoms with Crippen LogP contribution in [0, 0.1) is 0 Å². The van der Waals surface area contributed by atoms with Crippen molar-refractivity contribution in [3.63, 3.8) is 0 Å². The molecule has 3 aromatic rings. The van der Waals surface area contributed by atoms with Crippen LogP contribution in [-0.2, 0) is 30.4 Å². The van der Waals surface area contributed by atoms with Gasteiger partial charge < -0.3 is 16.2 Å². The van der Waals surface area contributed by atoms with E-state index in [1.54, 1.807) is 0 Å². The second-order valence-electron chi connectivity index (χ2n) is 6.96. The maximum Gasteiger partial charge on any atom is 0.337 e. The van der Waals surface area contributed by atoms with Gasteiger partial charge in [-0.25, -0.2) is 4.79 Å². The van der Waals surface area contributed by atoms with Crippen LogP contribution >= 0.6 is 0 Å². The summed E-state index contributed by atoms with van der Waals surface area (Å²) in [7, 11) is 1.41. The van der Waals surface area contributed by atoms with Gasteiger partial charge in [-0.3, -0.25) is 0 Å². The van der Waals surface area contributed by atoms with Crippen LogP contribution in [-0.4, -0.2) is 13.1 Å². The Morgan fingerprint density at radius 3 is 1.71 bits per heavy atom. The molecule has 0 spiro atoms. The van der Waals surface area contributed by atoms with E-state index in [4.69, 9.17) is 16.2 Å². The minimum Gasteiger partial charge on any atom is -0.465 e. The van der Waals surface area contributed by atoms with Gasteiger partial charge in [0.15, 0.2) is 0 Å². The van der Waals surface area contributed by atoms with Crippen LogP contribution < -0.4 is 11.5 Å². The number of nitrogens with two attached hydrogens (primary N) is 2. The third-order valence-electron chi connectivity index (χ3n) is 4.95. The van der Waals surface area contributed by atoms with Crippen molar-refractivity contribution in [3.8, 4) is 0 Å². The molecule has 0 radical (unpaired) electrons. The monoisotopic (exact) mass is 374 g/mol. The Balaban J connectivity index is 1.77. The fourth-order valence-electron chi connectivity index (χ4n) is 3.27. The van der Waals surface area contributed by atoms with E-state index in [2.05, 4.69) is 12.1 Å². The number of hydrogen-bond donors (Lipinski definition) is 2. The quantitative estimate of drug-likeness (QED) is 0.480. The van der Waals surface area contributed by atoms with Crippen LogP contribution in [0.4, 0.5) is 11.4 Å². The zero-order chi connectivity index (χ0) is 19.9. The van der Waals surface area contributed by atoms with Gasteiger partial charge >= 0.3 is 5.97 Å². The molecule has 3 aromatic carbocycles. The number of methoxy groups -OCH3 is 1. The number of aryl methyl sites for hydroxylation is 4. The first-order valence-corrected chi connectivity index (χ1v) is 9.44. The molecular weight excluding hydrogens is 348 g/mol. The van der Waals surface area contributed by atoms with Crippen LogP contribution in [0.15, 0.2) is 66.7 Å². The van der Waals surface area contributed by atoms with Gasteiger partial charge in [0, 0.05) is 11.4 Å². The first-order chi connectivity index (χ1) is 13.5. The number of benzene rings is 3. The van der Waals surface area contributed by atoms with Crippen LogP contribution in [0.2, 0.25) is 0 Å². The summed E-state index contributed by atoms with van der Waals surface area (Å²) in [5.74, 6) is -0.307. The van der Waals surface area contributed by atoms with Crippen molar-refractivity contribution in [1.29, 1.82) is 0 Å². The number of anilines is 2. The van der Waals surface area contributed by atoms with Crippen molar-refractivity contribution < 1.29 is 9.53 Å². The highest BCUT2D eigenvalue weighted by molar-refractivity contribution is 5.89. The van der Waals surface area contributed by atoms with E-state index in [0.29, 0.717) is 5.56 Å². The molecule has 0 saturated carbocycles. The zero-order valence-corrected chi connectivity index (χ0v) is 16.2. The summed E-state index contributed by atoms with van der Waals surface area (Å²) < 4.78 is 4.88. The van der Waals surface area contributed by atoms with Crippen molar-refractivity contribution in [2.45, 2.75) is 25.7 Å². The minimum absolute atomic E-state index is 0.307. The average Bonchev–Trinajstić information content (AvgIpc) is 2.72. The molecule has 0 unspecified atom stereocenters. The van der Waals surface area contributed by atoms with Crippen LogP contribution in [0.25, 0.3) is 0 Å². The minimum atomic E-state index is -0.307. The van der Waals surface area contributed by atoms with E-state index in [1.165, 1.54) is 29.4 Å². The molecule has 3 rings (SSSR count). The highest BCUT2D eigenvalue weighted by Crippen LogP contribution is 2.19. The third kappa shape index (κ3) is 5.13. The van der Waals surface area contributed by atoms with E-state index in [-0.39, 0.29) is 5.97 Å². The van der Waals surface area contributed by atoms with E-state index in [1.807, 2.05) is 54.6 Å². The maximum absolute atomic E-state index is 12.0. The van der Waals surface area contributed by atoms with Crippen LogP contribution in [0.5, 0.6) is 0 Å². The smallest absolute Gasteiger partial charge is 0.337 e. The molecule has 0 fully saturated rings. The number of nitrogen functional groups attached to an aromatic ring is 2. The lowest BCUT2D eigenvalue weighted by atomic mass is 9.94. The van der Waals surface area contributed by atoms with Crippen molar-refractivity contribution in [2.24, 2.45) is 0 Å². The number of ether oxygens (including phenoxy) is 1. The van der Waals surface area contributed by atoms with E-state index < -0.39 is 0 Å². The first-order valence-electron chi connectivity index (χ1n) is 9.44. The fourth-order valence-corrected chi connectivity index (χ4v) is 3.27. The van der Waals surface area contributed by atoms with Gasteiger partial charge in [0.2, 0.25) is 0 Å². The Labute approximate surface area is 166 Å². The predicted octanol–water partition coefficient (Wildman–Crippen LogP) is 4.21. The summed E-state index contributed by atoms with van der Waals surface area (Å²) in [4.78, 5) is 12.0. The Bertz CT molecular complexity index is 932. The van der Waals surface area contributed by atoms with E-state index in [0.717, 1.165) is 37.1 Å². The lowest BCUT2D eigenvalue weighted by Gasteiger charge is -2.12. The Hall–Kier alpha value is -3.27. The summed E-state index contributed by atoms with van der Waals surface area (Å²) in [6.45, 7) is 0. The van der Waals surface area contributed by atoms with Crippen molar-refractivity contribution in [1.82, 2.24) is 0 Å². The van der Waals surface area contributed by atoms with Gasteiger partial charge in [0.1, 0.15) is 0 Å². The number of carbonyl (C=O) groups is 1. The number of carbonyl (C=O) groups excluding carboxylic acids is 1. The number of hydrogen-bond acceptors (Lipinski definition) is 4. The molecule has 0 saturated heterocycles. The predicted molar refractivity (Wildman–Crippen MR) is 114 cm³/mol. The molecule has 4 N–H and O–H groups in total. The topological polar surface area (TPSA) is 78.3 Å². The third-order valence-corrected chi connectivity index (χ3v) is 4.95. The Morgan fingerprint density at radius 2 is 1.21 bits per heavy atom. The largest absolute Gasteiger partial charge is 0.465 e. The fraction of sp³-hybridized carbons (Fsp3) is 0.208. The summed E-state index contributed by atoms with van der Waals surface area (Å²) in [5.41, 5.74) is 18.6. The second-order valence-corrected chi connectivity index (χ2v) is 6.96. The Kier molecular flexibility index (Phi) is 6.33.